The molecule has 1 saturated heterocycles. The van der Waals surface area contributed by atoms with Crippen molar-refractivity contribution in [3.63, 3.8) is 0 Å². The summed E-state index contributed by atoms with van der Waals surface area (Å²) in [6.45, 7) is 8.95. The Morgan fingerprint density at radius 2 is 2.00 bits per heavy atom. The van der Waals surface area contributed by atoms with E-state index < -0.39 is 11.7 Å². The molecule has 8 nitrogen and oxygen atoms in total. The summed E-state index contributed by atoms with van der Waals surface area (Å²) in [5.41, 5.74) is 5.67. The average molecular weight is 502 g/mol. The Labute approximate surface area is 217 Å². The van der Waals surface area contributed by atoms with Crippen LogP contribution in [-0.4, -0.2) is 44.8 Å². The monoisotopic (exact) mass is 501 g/mol. The molecule has 194 valence electrons. The minimum Gasteiger partial charge on any atom is -0.444 e. The number of hydrogen-bond donors (Lipinski definition) is 2. The lowest BCUT2D eigenvalue weighted by atomic mass is 9.92. The Bertz CT molecular complexity index is 1350. The van der Waals surface area contributed by atoms with Gasteiger partial charge in [0.15, 0.2) is 0 Å². The van der Waals surface area contributed by atoms with E-state index in [0.29, 0.717) is 6.54 Å². The number of hydrogen-bond acceptors (Lipinski definition) is 5. The van der Waals surface area contributed by atoms with Crippen molar-refractivity contribution in [2.75, 3.05) is 13.2 Å². The van der Waals surface area contributed by atoms with Crippen LogP contribution in [0.3, 0.4) is 0 Å². The Hall–Kier alpha value is -3.65. The highest BCUT2D eigenvalue weighted by Crippen LogP contribution is 2.38. The maximum atomic E-state index is 12.0. The third-order valence-corrected chi connectivity index (χ3v) is 6.66. The third-order valence-electron chi connectivity index (χ3n) is 6.66. The number of benzene rings is 2. The van der Waals surface area contributed by atoms with Crippen molar-refractivity contribution in [1.82, 2.24) is 25.3 Å². The first kappa shape index (κ1) is 25.0. The number of nitrogens with one attached hydrogen (secondary N) is 2. The molecule has 0 spiro atoms. The van der Waals surface area contributed by atoms with Gasteiger partial charge in [0.05, 0.1) is 11.2 Å². The van der Waals surface area contributed by atoms with Gasteiger partial charge in [-0.15, -0.1) is 0 Å². The first-order valence-electron chi connectivity index (χ1n) is 13.0. The molecule has 2 aromatic heterocycles. The Morgan fingerprint density at radius 3 is 2.68 bits per heavy atom. The van der Waals surface area contributed by atoms with Gasteiger partial charge in [0.1, 0.15) is 11.8 Å². The summed E-state index contributed by atoms with van der Waals surface area (Å²) in [6.07, 6.45) is 6.74. The standard InChI is InChI=1S/C29H35N5O3/c1-19(17-30-28(35)37-29(2,3)4)20-8-10-21(11-9-20)22-12-13-24-23(27(22)25-14-15-31-32-25)18-34(33-24)26-7-5-6-16-36-26/h8-15,18-19,26H,5-7,16-17H2,1-4H3,(H,30,35)(H,31,32). The normalized spacial score (nSPS) is 17.0. The fraction of sp³-hybridized carbons (Fsp3) is 0.414. The molecule has 1 aliphatic heterocycles. The van der Waals surface area contributed by atoms with Crippen LogP contribution in [0.2, 0.25) is 0 Å². The van der Waals surface area contributed by atoms with Crippen LogP contribution in [0, 0.1) is 0 Å². The van der Waals surface area contributed by atoms with Crippen molar-refractivity contribution < 1.29 is 14.3 Å². The van der Waals surface area contributed by atoms with Gasteiger partial charge in [0, 0.05) is 36.5 Å². The topological polar surface area (TPSA) is 94.1 Å². The van der Waals surface area contributed by atoms with Gasteiger partial charge in [-0.05, 0) is 74.8 Å². The summed E-state index contributed by atoms with van der Waals surface area (Å²) in [5.74, 6) is 0.142. The SMILES string of the molecule is CC(CNC(=O)OC(C)(C)C)c1ccc(-c2ccc3nn(C4CCCCO4)cc3c2-c2cc[nH]n2)cc1. The highest BCUT2D eigenvalue weighted by atomic mass is 16.6. The Morgan fingerprint density at radius 1 is 1.19 bits per heavy atom. The molecule has 1 fully saturated rings. The maximum absolute atomic E-state index is 12.0. The van der Waals surface area contributed by atoms with Crippen LogP contribution < -0.4 is 5.32 Å². The molecule has 4 aromatic rings. The quantitative estimate of drug-likeness (QED) is 0.318. The van der Waals surface area contributed by atoms with Gasteiger partial charge in [-0.25, -0.2) is 9.48 Å². The van der Waals surface area contributed by atoms with Crippen LogP contribution >= 0.6 is 0 Å². The van der Waals surface area contributed by atoms with Gasteiger partial charge in [-0.2, -0.15) is 10.2 Å². The first-order chi connectivity index (χ1) is 17.8. The molecule has 1 aliphatic rings. The lowest BCUT2D eigenvalue weighted by Crippen LogP contribution is -2.34. The molecular weight excluding hydrogens is 466 g/mol. The molecule has 2 N–H and O–H groups in total. The number of ether oxygens (including phenoxy) is 2. The predicted octanol–water partition coefficient (Wildman–Crippen LogP) is 6.42. The molecule has 2 aromatic carbocycles. The molecule has 8 heteroatoms. The zero-order valence-electron chi connectivity index (χ0n) is 22.0. The number of amides is 1. The first-order valence-corrected chi connectivity index (χ1v) is 13.0. The van der Waals surface area contributed by atoms with E-state index in [1.165, 1.54) is 0 Å². The van der Waals surface area contributed by atoms with E-state index in [1.54, 1.807) is 0 Å². The predicted molar refractivity (Wildman–Crippen MR) is 144 cm³/mol. The second-order valence-electron chi connectivity index (χ2n) is 10.7. The summed E-state index contributed by atoms with van der Waals surface area (Å²) in [7, 11) is 0. The zero-order chi connectivity index (χ0) is 26.0. The molecule has 0 aliphatic carbocycles. The van der Waals surface area contributed by atoms with Gasteiger partial charge >= 0.3 is 6.09 Å². The molecule has 0 saturated carbocycles. The summed E-state index contributed by atoms with van der Waals surface area (Å²) < 4.78 is 13.3. The minimum absolute atomic E-state index is 0.0216. The van der Waals surface area contributed by atoms with Crippen LogP contribution in [0.15, 0.2) is 54.9 Å². The highest BCUT2D eigenvalue weighted by molar-refractivity contribution is 6.01. The van der Waals surface area contributed by atoms with E-state index in [-0.39, 0.29) is 12.1 Å². The number of aromatic amines is 1. The van der Waals surface area contributed by atoms with E-state index in [4.69, 9.17) is 14.6 Å². The molecule has 37 heavy (non-hydrogen) atoms. The summed E-state index contributed by atoms with van der Waals surface area (Å²) in [6, 6.07) is 14.7. The minimum atomic E-state index is -0.512. The van der Waals surface area contributed by atoms with E-state index in [0.717, 1.165) is 64.7 Å². The van der Waals surface area contributed by atoms with Crippen LogP contribution in [0.4, 0.5) is 4.79 Å². The van der Waals surface area contributed by atoms with Crippen LogP contribution in [0.5, 0.6) is 0 Å². The lowest BCUT2D eigenvalue weighted by Gasteiger charge is -2.22. The van der Waals surface area contributed by atoms with Gasteiger partial charge in [0.25, 0.3) is 0 Å². The molecule has 5 rings (SSSR count). The van der Waals surface area contributed by atoms with E-state index in [9.17, 15) is 4.79 Å². The van der Waals surface area contributed by atoms with E-state index >= 15 is 0 Å². The number of fused-ring (bicyclic) bond motifs is 1. The number of nitrogens with zero attached hydrogens (tertiary/aromatic N) is 3. The molecule has 3 heterocycles. The number of alkyl carbamates (subject to hydrolysis) is 1. The summed E-state index contributed by atoms with van der Waals surface area (Å²) in [5, 5.41) is 16.2. The number of H-pyrrole nitrogens is 1. The van der Waals surface area contributed by atoms with Crippen LogP contribution in [0.1, 0.15) is 64.7 Å². The van der Waals surface area contributed by atoms with Crippen molar-refractivity contribution >= 4 is 17.0 Å². The molecule has 2 unspecified atom stereocenters. The van der Waals surface area contributed by atoms with Crippen molar-refractivity contribution in [3.8, 4) is 22.4 Å². The largest absolute Gasteiger partial charge is 0.444 e. The van der Waals surface area contributed by atoms with Crippen molar-refractivity contribution in [2.24, 2.45) is 0 Å². The fourth-order valence-corrected chi connectivity index (χ4v) is 4.77. The number of carbonyl (C=O) groups excluding carboxylic acids is 1. The lowest BCUT2D eigenvalue weighted by molar-refractivity contribution is -0.0390. The number of aromatic nitrogens is 4. The molecule has 0 radical (unpaired) electrons. The second kappa shape index (κ2) is 10.4. The van der Waals surface area contributed by atoms with Crippen molar-refractivity contribution in [2.45, 2.75) is 64.7 Å². The molecule has 2 atom stereocenters. The van der Waals surface area contributed by atoms with Gasteiger partial charge in [0.2, 0.25) is 0 Å². The van der Waals surface area contributed by atoms with Crippen LogP contribution in [-0.2, 0) is 9.47 Å². The van der Waals surface area contributed by atoms with E-state index in [1.807, 2.05) is 37.7 Å². The Kier molecular flexibility index (Phi) is 7.02. The molecule has 1 amide bonds. The zero-order valence-corrected chi connectivity index (χ0v) is 22.0. The fourth-order valence-electron chi connectivity index (χ4n) is 4.77. The third kappa shape index (κ3) is 5.69. The molecular formula is C29H35N5O3. The smallest absolute Gasteiger partial charge is 0.407 e. The highest BCUT2D eigenvalue weighted by Gasteiger charge is 2.21. The van der Waals surface area contributed by atoms with E-state index in [2.05, 4.69) is 65.0 Å². The number of rotatable bonds is 6. The van der Waals surface area contributed by atoms with Gasteiger partial charge < -0.3 is 14.8 Å². The van der Waals surface area contributed by atoms with Gasteiger partial charge in [-0.1, -0.05) is 37.3 Å². The van der Waals surface area contributed by atoms with Crippen molar-refractivity contribution in [1.29, 1.82) is 0 Å². The van der Waals surface area contributed by atoms with Crippen LogP contribution in [0.25, 0.3) is 33.3 Å². The summed E-state index contributed by atoms with van der Waals surface area (Å²) >= 11 is 0. The number of carbonyl (C=O) groups is 1. The maximum Gasteiger partial charge on any atom is 0.407 e. The van der Waals surface area contributed by atoms with Crippen molar-refractivity contribution in [3.05, 3.63) is 60.4 Å². The molecule has 0 bridgehead atoms. The Balaban J connectivity index is 1.42. The average Bonchev–Trinajstić information content (AvgIpc) is 3.57. The summed E-state index contributed by atoms with van der Waals surface area (Å²) in [4.78, 5) is 12.0. The van der Waals surface area contributed by atoms with Gasteiger partial charge in [-0.3, -0.25) is 5.10 Å². The second-order valence-corrected chi connectivity index (χ2v) is 10.7.